The third-order valence-electron chi connectivity index (χ3n) is 3.97. The molecule has 2 aliphatic heterocycles. The number of hydrogen-bond donors (Lipinski definition) is 1. The van der Waals surface area contributed by atoms with E-state index in [0.29, 0.717) is 6.04 Å². The van der Waals surface area contributed by atoms with E-state index >= 15 is 0 Å². The molecule has 2 saturated heterocycles. The van der Waals surface area contributed by atoms with Crippen molar-refractivity contribution in [1.29, 1.82) is 0 Å². The molecule has 0 aliphatic carbocycles. The highest BCUT2D eigenvalue weighted by Crippen LogP contribution is 2.16. The Balaban J connectivity index is 1.77. The van der Waals surface area contributed by atoms with E-state index in [2.05, 4.69) is 17.1 Å². The predicted molar refractivity (Wildman–Crippen MR) is 71.3 cm³/mol. The summed E-state index contributed by atoms with van der Waals surface area (Å²) in [5, 5.41) is 3.68. The quantitative estimate of drug-likeness (QED) is 0.812. The van der Waals surface area contributed by atoms with Crippen molar-refractivity contribution in [1.82, 2.24) is 10.2 Å². The monoisotopic (exact) mass is 240 g/mol. The zero-order valence-electron chi connectivity index (χ0n) is 11.3. The molecule has 1 N–H and O–H groups in total. The third kappa shape index (κ3) is 4.57. The molecule has 2 rings (SSSR count). The molecular weight excluding hydrogens is 212 g/mol. The predicted octanol–water partition coefficient (Wildman–Crippen LogP) is 1.88. The lowest BCUT2D eigenvalue weighted by molar-refractivity contribution is 0.0381. The van der Waals surface area contributed by atoms with E-state index in [9.17, 15) is 0 Å². The van der Waals surface area contributed by atoms with Crippen molar-refractivity contribution < 1.29 is 4.74 Å². The molecule has 0 radical (unpaired) electrons. The van der Waals surface area contributed by atoms with Gasteiger partial charge in [0.25, 0.3) is 0 Å². The van der Waals surface area contributed by atoms with E-state index in [1.807, 2.05) is 0 Å². The van der Waals surface area contributed by atoms with Crippen LogP contribution >= 0.6 is 0 Å². The van der Waals surface area contributed by atoms with Crippen molar-refractivity contribution >= 4 is 0 Å². The fourth-order valence-electron chi connectivity index (χ4n) is 3.10. The van der Waals surface area contributed by atoms with Crippen LogP contribution in [0, 0.1) is 5.92 Å². The lowest BCUT2D eigenvalue weighted by Gasteiger charge is -2.30. The van der Waals surface area contributed by atoms with Gasteiger partial charge < -0.3 is 15.0 Å². The van der Waals surface area contributed by atoms with Gasteiger partial charge in [-0.15, -0.1) is 0 Å². The fraction of sp³-hybridized carbons (Fsp3) is 1.00. The summed E-state index contributed by atoms with van der Waals surface area (Å²) in [4.78, 5) is 2.67. The van der Waals surface area contributed by atoms with Crippen molar-refractivity contribution in [2.24, 2.45) is 5.92 Å². The van der Waals surface area contributed by atoms with E-state index in [0.717, 1.165) is 19.1 Å². The van der Waals surface area contributed by atoms with Gasteiger partial charge in [0.05, 0.1) is 6.61 Å². The molecule has 3 heteroatoms. The van der Waals surface area contributed by atoms with Gasteiger partial charge >= 0.3 is 0 Å². The summed E-state index contributed by atoms with van der Waals surface area (Å²) in [6.07, 6.45) is 6.53. The van der Waals surface area contributed by atoms with Gasteiger partial charge in [0.2, 0.25) is 0 Å². The van der Waals surface area contributed by atoms with Crippen LogP contribution in [0.2, 0.25) is 0 Å². The topological polar surface area (TPSA) is 24.5 Å². The average molecular weight is 240 g/mol. The second-order valence-electron chi connectivity index (χ2n) is 5.64. The van der Waals surface area contributed by atoms with Crippen LogP contribution in [0.4, 0.5) is 0 Å². The molecule has 0 spiro atoms. The molecule has 0 aromatic heterocycles. The largest absolute Gasteiger partial charge is 0.381 e. The first-order valence-electron chi connectivity index (χ1n) is 7.42. The number of rotatable bonds is 4. The summed E-state index contributed by atoms with van der Waals surface area (Å²) < 4.78 is 5.59. The zero-order valence-corrected chi connectivity index (χ0v) is 11.3. The fourth-order valence-corrected chi connectivity index (χ4v) is 3.10. The van der Waals surface area contributed by atoms with Crippen LogP contribution < -0.4 is 5.32 Å². The van der Waals surface area contributed by atoms with E-state index in [4.69, 9.17) is 4.74 Å². The molecule has 0 bridgehead atoms. The summed E-state index contributed by atoms with van der Waals surface area (Å²) in [6, 6.07) is 0.715. The van der Waals surface area contributed by atoms with Gasteiger partial charge in [-0.05, 0) is 44.7 Å². The number of hydrogen-bond acceptors (Lipinski definition) is 3. The van der Waals surface area contributed by atoms with E-state index in [1.165, 1.54) is 58.3 Å². The van der Waals surface area contributed by atoms with Crippen LogP contribution in [0.25, 0.3) is 0 Å². The van der Waals surface area contributed by atoms with Crippen LogP contribution in [0.5, 0.6) is 0 Å². The average Bonchev–Trinajstić information content (AvgIpc) is 2.56. The van der Waals surface area contributed by atoms with Gasteiger partial charge in [-0.2, -0.15) is 0 Å². The second kappa shape index (κ2) is 7.34. The maximum absolute atomic E-state index is 5.59. The Bertz CT molecular complexity index is 204. The van der Waals surface area contributed by atoms with Crippen LogP contribution in [-0.2, 0) is 4.74 Å². The molecule has 0 aromatic carbocycles. The maximum atomic E-state index is 5.59. The van der Waals surface area contributed by atoms with Crippen LogP contribution in [0.3, 0.4) is 0 Å². The van der Waals surface area contributed by atoms with Crippen LogP contribution in [-0.4, -0.2) is 50.3 Å². The first-order valence-corrected chi connectivity index (χ1v) is 7.42. The summed E-state index contributed by atoms with van der Waals surface area (Å²) in [5.74, 6) is 0.782. The van der Waals surface area contributed by atoms with Crippen molar-refractivity contribution in [3.63, 3.8) is 0 Å². The van der Waals surface area contributed by atoms with Gasteiger partial charge in [-0.3, -0.25) is 0 Å². The smallest absolute Gasteiger partial charge is 0.0506 e. The van der Waals surface area contributed by atoms with Crippen molar-refractivity contribution in [3.8, 4) is 0 Å². The molecular formula is C14H28N2O. The van der Waals surface area contributed by atoms with Gasteiger partial charge in [0.15, 0.2) is 0 Å². The number of nitrogens with zero attached hydrogens (tertiary/aromatic N) is 1. The molecule has 2 heterocycles. The Morgan fingerprint density at radius 2 is 2.29 bits per heavy atom. The normalized spacial score (nSPS) is 32.3. The van der Waals surface area contributed by atoms with E-state index in [-0.39, 0.29) is 0 Å². The van der Waals surface area contributed by atoms with Crippen molar-refractivity contribution in [3.05, 3.63) is 0 Å². The molecule has 0 saturated carbocycles. The molecule has 3 nitrogen and oxygen atoms in total. The molecule has 2 unspecified atom stereocenters. The summed E-state index contributed by atoms with van der Waals surface area (Å²) in [5.41, 5.74) is 0. The summed E-state index contributed by atoms with van der Waals surface area (Å²) >= 11 is 0. The third-order valence-corrected chi connectivity index (χ3v) is 3.97. The minimum absolute atomic E-state index is 0.715. The van der Waals surface area contributed by atoms with E-state index in [1.54, 1.807) is 0 Å². The summed E-state index contributed by atoms with van der Waals surface area (Å²) in [6.45, 7) is 9.21. The molecule has 2 atom stereocenters. The minimum atomic E-state index is 0.715. The molecule has 100 valence electrons. The van der Waals surface area contributed by atoms with Crippen molar-refractivity contribution in [2.75, 3.05) is 39.4 Å². The zero-order chi connectivity index (χ0) is 11.9. The van der Waals surface area contributed by atoms with Crippen LogP contribution in [0.1, 0.15) is 39.0 Å². The highest BCUT2D eigenvalue weighted by atomic mass is 16.5. The Morgan fingerprint density at radius 3 is 3.06 bits per heavy atom. The van der Waals surface area contributed by atoms with Crippen molar-refractivity contribution in [2.45, 2.75) is 45.1 Å². The van der Waals surface area contributed by atoms with Gasteiger partial charge in [0.1, 0.15) is 0 Å². The van der Waals surface area contributed by atoms with Gasteiger partial charge in [0, 0.05) is 25.7 Å². The Hall–Kier alpha value is -0.120. The first kappa shape index (κ1) is 13.3. The molecule has 17 heavy (non-hydrogen) atoms. The summed E-state index contributed by atoms with van der Waals surface area (Å²) in [7, 11) is 0. The van der Waals surface area contributed by atoms with E-state index < -0.39 is 0 Å². The Morgan fingerprint density at radius 1 is 1.35 bits per heavy atom. The number of nitrogens with one attached hydrogen (secondary N) is 1. The first-order chi connectivity index (χ1) is 8.38. The highest BCUT2D eigenvalue weighted by molar-refractivity contribution is 4.78. The lowest BCUT2D eigenvalue weighted by Crippen LogP contribution is -2.40. The van der Waals surface area contributed by atoms with Gasteiger partial charge in [-0.1, -0.05) is 13.3 Å². The SMILES string of the molecule is CCCC1CN(CC2CCCOC2)CCCN1. The molecule has 0 amide bonds. The minimum Gasteiger partial charge on any atom is -0.381 e. The van der Waals surface area contributed by atoms with Gasteiger partial charge in [-0.25, -0.2) is 0 Å². The van der Waals surface area contributed by atoms with Crippen LogP contribution in [0.15, 0.2) is 0 Å². The second-order valence-corrected chi connectivity index (χ2v) is 5.64. The Labute approximate surface area is 106 Å². The highest BCUT2D eigenvalue weighted by Gasteiger charge is 2.21. The maximum Gasteiger partial charge on any atom is 0.0506 e. The molecule has 0 aromatic rings. The molecule has 2 aliphatic rings. The Kier molecular flexibility index (Phi) is 5.75. The lowest BCUT2D eigenvalue weighted by atomic mass is 10.0. The number of ether oxygens (including phenoxy) is 1. The standard InChI is InChI=1S/C14H28N2O/c1-2-5-14-11-16(8-4-7-15-14)10-13-6-3-9-17-12-13/h13-15H,2-12H2,1H3. The molecule has 2 fully saturated rings.